The van der Waals surface area contributed by atoms with E-state index in [2.05, 4.69) is 25.7 Å². The minimum absolute atomic E-state index is 0.129. The SMILES string of the molecule is CC(=O)N1CCc2c(c(Br)nn2[C@@H]2CCOC2)C1. The lowest BCUT2D eigenvalue weighted by Crippen LogP contribution is -2.35. The minimum atomic E-state index is 0.129. The molecule has 5 nitrogen and oxygen atoms in total. The molecular formula is C12H16BrN3O2. The largest absolute Gasteiger partial charge is 0.379 e. The third-order valence-electron chi connectivity index (χ3n) is 3.73. The lowest BCUT2D eigenvalue weighted by Gasteiger charge is -2.27. The molecule has 1 fully saturated rings. The molecule has 0 bridgehead atoms. The molecule has 1 aromatic heterocycles. The van der Waals surface area contributed by atoms with Gasteiger partial charge in [0.1, 0.15) is 4.60 Å². The van der Waals surface area contributed by atoms with Gasteiger partial charge in [-0.2, -0.15) is 5.10 Å². The van der Waals surface area contributed by atoms with Crippen LogP contribution in [-0.2, 0) is 22.5 Å². The van der Waals surface area contributed by atoms with E-state index >= 15 is 0 Å². The Morgan fingerprint density at radius 2 is 2.39 bits per heavy atom. The van der Waals surface area contributed by atoms with E-state index in [0.717, 1.165) is 42.8 Å². The molecule has 0 spiro atoms. The second-order valence-corrected chi connectivity index (χ2v) is 5.62. The first kappa shape index (κ1) is 12.2. The number of rotatable bonds is 1. The van der Waals surface area contributed by atoms with Gasteiger partial charge in [-0.25, -0.2) is 0 Å². The molecular weight excluding hydrogens is 298 g/mol. The molecule has 0 aliphatic carbocycles. The maximum absolute atomic E-state index is 11.4. The Bertz CT molecular complexity index is 480. The van der Waals surface area contributed by atoms with Crippen LogP contribution in [0.1, 0.15) is 30.6 Å². The van der Waals surface area contributed by atoms with E-state index < -0.39 is 0 Å². The van der Waals surface area contributed by atoms with Crippen LogP contribution in [0.2, 0.25) is 0 Å². The fraction of sp³-hybridized carbons (Fsp3) is 0.667. The summed E-state index contributed by atoms with van der Waals surface area (Å²) < 4.78 is 8.40. The van der Waals surface area contributed by atoms with E-state index in [4.69, 9.17) is 4.74 Å². The number of ether oxygens (including phenoxy) is 1. The zero-order valence-corrected chi connectivity index (χ0v) is 11.9. The number of carbonyl (C=O) groups excluding carboxylic acids is 1. The summed E-state index contributed by atoms with van der Waals surface area (Å²) in [6, 6.07) is 0.355. The van der Waals surface area contributed by atoms with Crippen molar-refractivity contribution in [1.82, 2.24) is 14.7 Å². The van der Waals surface area contributed by atoms with Crippen LogP contribution in [0.5, 0.6) is 0 Å². The summed E-state index contributed by atoms with van der Waals surface area (Å²) in [6.45, 7) is 4.63. The number of aromatic nitrogens is 2. The highest BCUT2D eigenvalue weighted by Crippen LogP contribution is 2.30. The first-order valence-corrected chi connectivity index (χ1v) is 7.05. The molecule has 1 aromatic rings. The summed E-state index contributed by atoms with van der Waals surface area (Å²) in [5, 5.41) is 4.58. The fourth-order valence-electron chi connectivity index (χ4n) is 2.69. The van der Waals surface area contributed by atoms with E-state index in [1.54, 1.807) is 6.92 Å². The van der Waals surface area contributed by atoms with Crippen LogP contribution in [0.25, 0.3) is 0 Å². The maximum atomic E-state index is 11.4. The van der Waals surface area contributed by atoms with Crippen LogP contribution in [0.15, 0.2) is 4.60 Å². The Morgan fingerprint density at radius 1 is 1.56 bits per heavy atom. The summed E-state index contributed by atoms with van der Waals surface area (Å²) in [5.41, 5.74) is 2.42. The van der Waals surface area contributed by atoms with Gasteiger partial charge in [-0.15, -0.1) is 0 Å². The molecule has 1 atom stereocenters. The molecule has 2 aliphatic heterocycles. The molecule has 0 radical (unpaired) electrons. The number of fused-ring (bicyclic) bond motifs is 1. The van der Waals surface area contributed by atoms with Gasteiger partial charge >= 0.3 is 0 Å². The molecule has 6 heteroatoms. The van der Waals surface area contributed by atoms with Gasteiger partial charge in [-0.3, -0.25) is 9.48 Å². The maximum Gasteiger partial charge on any atom is 0.219 e. The first-order valence-electron chi connectivity index (χ1n) is 6.26. The van der Waals surface area contributed by atoms with Crippen LogP contribution in [0, 0.1) is 0 Å². The van der Waals surface area contributed by atoms with Crippen LogP contribution < -0.4 is 0 Å². The normalized spacial score (nSPS) is 23.2. The molecule has 18 heavy (non-hydrogen) atoms. The fourth-order valence-corrected chi connectivity index (χ4v) is 3.22. The van der Waals surface area contributed by atoms with Crippen molar-refractivity contribution in [2.75, 3.05) is 19.8 Å². The average molecular weight is 314 g/mol. The standard InChI is InChI=1S/C12H16BrN3O2/c1-8(17)15-4-2-11-10(6-15)12(13)14-16(11)9-3-5-18-7-9/h9H,2-7H2,1H3/t9-/m1/s1. The molecule has 1 saturated heterocycles. The topological polar surface area (TPSA) is 47.4 Å². The average Bonchev–Trinajstić information content (AvgIpc) is 2.97. The van der Waals surface area contributed by atoms with E-state index in [9.17, 15) is 4.79 Å². The van der Waals surface area contributed by atoms with Crippen molar-refractivity contribution < 1.29 is 9.53 Å². The summed E-state index contributed by atoms with van der Waals surface area (Å²) in [5.74, 6) is 0.129. The number of hydrogen-bond donors (Lipinski definition) is 0. The smallest absolute Gasteiger partial charge is 0.219 e. The summed E-state index contributed by atoms with van der Waals surface area (Å²) in [6.07, 6.45) is 1.90. The second kappa shape index (κ2) is 4.66. The zero-order valence-electron chi connectivity index (χ0n) is 10.4. The van der Waals surface area contributed by atoms with Crippen molar-refractivity contribution in [2.45, 2.75) is 32.4 Å². The van der Waals surface area contributed by atoms with E-state index in [1.807, 2.05) is 4.90 Å². The van der Waals surface area contributed by atoms with Gasteiger partial charge < -0.3 is 9.64 Å². The predicted molar refractivity (Wildman–Crippen MR) is 69.2 cm³/mol. The van der Waals surface area contributed by atoms with Crippen molar-refractivity contribution in [3.63, 3.8) is 0 Å². The van der Waals surface area contributed by atoms with Gasteiger partial charge in [-0.05, 0) is 22.4 Å². The summed E-state index contributed by atoms with van der Waals surface area (Å²) in [7, 11) is 0. The van der Waals surface area contributed by atoms with Crippen LogP contribution in [-0.4, -0.2) is 40.3 Å². The Hall–Kier alpha value is -0.880. The molecule has 2 aliphatic rings. The van der Waals surface area contributed by atoms with Crippen molar-refractivity contribution >= 4 is 21.8 Å². The van der Waals surface area contributed by atoms with Gasteiger partial charge in [0.05, 0.1) is 19.2 Å². The van der Waals surface area contributed by atoms with Crippen LogP contribution >= 0.6 is 15.9 Å². The third-order valence-corrected chi connectivity index (χ3v) is 4.37. The number of carbonyl (C=O) groups is 1. The number of hydrogen-bond acceptors (Lipinski definition) is 3. The predicted octanol–water partition coefficient (Wildman–Crippen LogP) is 1.51. The van der Waals surface area contributed by atoms with Crippen LogP contribution in [0.4, 0.5) is 0 Å². The molecule has 1 amide bonds. The number of halogens is 1. The highest BCUT2D eigenvalue weighted by Gasteiger charge is 2.29. The van der Waals surface area contributed by atoms with Crippen molar-refractivity contribution in [3.8, 4) is 0 Å². The highest BCUT2D eigenvalue weighted by molar-refractivity contribution is 9.10. The highest BCUT2D eigenvalue weighted by atomic mass is 79.9. The summed E-state index contributed by atoms with van der Waals surface area (Å²) in [4.78, 5) is 13.3. The van der Waals surface area contributed by atoms with Gasteiger partial charge in [0.15, 0.2) is 0 Å². The second-order valence-electron chi connectivity index (χ2n) is 4.87. The first-order chi connectivity index (χ1) is 8.66. The van der Waals surface area contributed by atoms with Gasteiger partial charge in [-0.1, -0.05) is 0 Å². The Morgan fingerprint density at radius 3 is 3.06 bits per heavy atom. The molecule has 3 rings (SSSR count). The number of nitrogens with zero attached hydrogens (tertiary/aromatic N) is 3. The Balaban J connectivity index is 1.92. The Kier molecular flexibility index (Phi) is 3.15. The monoisotopic (exact) mass is 313 g/mol. The molecule has 0 aromatic carbocycles. The van der Waals surface area contributed by atoms with E-state index in [1.165, 1.54) is 5.69 Å². The lowest BCUT2D eigenvalue weighted by molar-refractivity contribution is -0.129. The lowest BCUT2D eigenvalue weighted by atomic mass is 10.1. The van der Waals surface area contributed by atoms with Crippen molar-refractivity contribution in [1.29, 1.82) is 0 Å². The zero-order chi connectivity index (χ0) is 12.7. The minimum Gasteiger partial charge on any atom is -0.379 e. The molecule has 98 valence electrons. The summed E-state index contributed by atoms with van der Waals surface area (Å²) >= 11 is 3.52. The van der Waals surface area contributed by atoms with E-state index in [0.29, 0.717) is 12.6 Å². The van der Waals surface area contributed by atoms with Gasteiger partial charge in [0.25, 0.3) is 0 Å². The molecule has 3 heterocycles. The quantitative estimate of drug-likeness (QED) is 0.789. The molecule has 0 unspecified atom stereocenters. The van der Waals surface area contributed by atoms with Gasteiger partial charge in [0.2, 0.25) is 5.91 Å². The Labute approximate surface area is 114 Å². The van der Waals surface area contributed by atoms with Gasteiger partial charge in [0, 0.05) is 37.8 Å². The molecule has 0 N–H and O–H groups in total. The number of amides is 1. The van der Waals surface area contributed by atoms with E-state index in [-0.39, 0.29) is 5.91 Å². The molecule has 0 saturated carbocycles. The third kappa shape index (κ3) is 1.97. The van der Waals surface area contributed by atoms with Crippen molar-refractivity contribution in [2.24, 2.45) is 0 Å². The van der Waals surface area contributed by atoms with Crippen molar-refractivity contribution in [3.05, 3.63) is 15.9 Å². The van der Waals surface area contributed by atoms with Crippen LogP contribution in [0.3, 0.4) is 0 Å².